The second-order valence-corrected chi connectivity index (χ2v) is 6.19. The maximum Gasteiger partial charge on any atom is 0.322 e. The minimum Gasteiger partial charge on any atom is -0.481 e. The molecule has 2 fully saturated rings. The van der Waals surface area contributed by atoms with E-state index in [1.807, 2.05) is 0 Å². The van der Waals surface area contributed by atoms with Gasteiger partial charge in [-0.2, -0.15) is 0 Å². The van der Waals surface area contributed by atoms with Gasteiger partial charge < -0.3 is 15.3 Å². The Kier molecular flexibility index (Phi) is 3.75. The van der Waals surface area contributed by atoms with E-state index in [2.05, 4.69) is 10.6 Å². The number of hydrogen-bond donors (Lipinski definition) is 3. The number of hydrogen-bond acceptors (Lipinski definition) is 4. The van der Waals surface area contributed by atoms with Gasteiger partial charge >= 0.3 is 12.0 Å². The number of nitrogens with one attached hydrogen (secondary N) is 2. The molecule has 0 aromatic heterocycles. The van der Waals surface area contributed by atoms with Crippen molar-refractivity contribution in [1.29, 1.82) is 0 Å². The Hall–Kier alpha value is -2.90. The number of carbonyl (C=O) groups is 4. The molecule has 1 aromatic carbocycles. The van der Waals surface area contributed by atoms with E-state index in [1.54, 1.807) is 31.2 Å². The molecule has 2 atom stereocenters. The summed E-state index contributed by atoms with van der Waals surface area (Å²) in [5.74, 6) is -2.10. The van der Waals surface area contributed by atoms with Gasteiger partial charge in [-0.3, -0.25) is 19.7 Å². The molecule has 0 saturated carbocycles. The minimum absolute atomic E-state index is 0.200. The summed E-state index contributed by atoms with van der Waals surface area (Å²) < 4.78 is 0. The first-order valence-electron chi connectivity index (χ1n) is 7.57. The van der Waals surface area contributed by atoms with Crippen LogP contribution >= 0.6 is 0 Å². The SMILES string of the molecule is C[C@]1(c2ccc(C(=O)N3CC[C@@H](C(=O)O)C3)cc2)NC(=O)NC1=O. The maximum absolute atomic E-state index is 12.4. The number of benzene rings is 1. The van der Waals surface area contributed by atoms with Gasteiger partial charge in [-0.15, -0.1) is 0 Å². The zero-order chi connectivity index (χ0) is 17.5. The molecule has 3 rings (SSSR count). The average molecular weight is 331 g/mol. The van der Waals surface area contributed by atoms with Crippen LogP contribution in [0.15, 0.2) is 24.3 Å². The lowest BCUT2D eigenvalue weighted by atomic mass is 9.91. The number of urea groups is 1. The molecular formula is C16H17N3O5. The van der Waals surface area contributed by atoms with Crippen LogP contribution in [0.25, 0.3) is 0 Å². The van der Waals surface area contributed by atoms with Crippen molar-refractivity contribution in [3.8, 4) is 0 Å². The van der Waals surface area contributed by atoms with Crippen molar-refractivity contribution in [2.75, 3.05) is 13.1 Å². The molecule has 0 radical (unpaired) electrons. The number of imide groups is 1. The first-order chi connectivity index (χ1) is 11.3. The van der Waals surface area contributed by atoms with Crippen molar-refractivity contribution in [2.45, 2.75) is 18.9 Å². The van der Waals surface area contributed by atoms with Crippen molar-refractivity contribution in [3.05, 3.63) is 35.4 Å². The van der Waals surface area contributed by atoms with Crippen molar-refractivity contribution < 1.29 is 24.3 Å². The number of nitrogens with zero attached hydrogens (tertiary/aromatic N) is 1. The molecule has 2 aliphatic heterocycles. The monoisotopic (exact) mass is 331 g/mol. The van der Waals surface area contributed by atoms with Crippen LogP contribution in [0.4, 0.5) is 4.79 Å². The van der Waals surface area contributed by atoms with Crippen LogP contribution in [0.2, 0.25) is 0 Å². The number of likely N-dealkylation sites (tertiary alicyclic amines) is 1. The summed E-state index contributed by atoms with van der Waals surface area (Å²) in [6.45, 7) is 2.20. The van der Waals surface area contributed by atoms with E-state index in [1.165, 1.54) is 4.90 Å². The molecule has 24 heavy (non-hydrogen) atoms. The van der Waals surface area contributed by atoms with E-state index < -0.39 is 29.4 Å². The first-order valence-corrected chi connectivity index (χ1v) is 7.57. The molecule has 1 aromatic rings. The van der Waals surface area contributed by atoms with Gasteiger partial charge in [0.05, 0.1) is 5.92 Å². The molecule has 4 amide bonds. The second-order valence-electron chi connectivity index (χ2n) is 6.19. The highest BCUT2D eigenvalue weighted by Crippen LogP contribution is 2.25. The predicted octanol–water partition coefficient (Wildman–Crippen LogP) is 0.288. The van der Waals surface area contributed by atoms with E-state index in [4.69, 9.17) is 5.11 Å². The summed E-state index contributed by atoms with van der Waals surface area (Å²) in [4.78, 5) is 48.2. The summed E-state index contributed by atoms with van der Waals surface area (Å²) in [7, 11) is 0. The highest BCUT2D eigenvalue weighted by molar-refractivity contribution is 6.07. The summed E-state index contributed by atoms with van der Waals surface area (Å²) in [6, 6.07) is 5.83. The topological polar surface area (TPSA) is 116 Å². The van der Waals surface area contributed by atoms with Gasteiger partial charge in [0.2, 0.25) is 0 Å². The van der Waals surface area contributed by atoms with Crippen LogP contribution in [0, 0.1) is 5.92 Å². The zero-order valence-electron chi connectivity index (χ0n) is 13.0. The van der Waals surface area contributed by atoms with Crippen LogP contribution in [0.5, 0.6) is 0 Å². The van der Waals surface area contributed by atoms with Crippen LogP contribution in [-0.2, 0) is 15.1 Å². The van der Waals surface area contributed by atoms with Gasteiger partial charge in [0.15, 0.2) is 0 Å². The second kappa shape index (κ2) is 5.63. The van der Waals surface area contributed by atoms with Crippen LogP contribution in [-0.4, -0.2) is 46.9 Å². The van der Waals surface area contributed by atoms with Gasteiger partial charge in [0.1, 0.15) is 5.54 Å². The fourth-order valence-corrected chi connectivity index (χ4v) is 3.02. The molecular weight excluding hydrogens is 314 g/mol. The Labute approximate surface area is 137 Å². The Morgan fingerprint density at radius 1 is 1.25 bits per heavy atom. The number of carboxylic acids is 1. The molecule has 2 saturated heterocycles. The third-order valence-corrected chi connectivity index (χ3v) is 4.58. The van der Waals surface area contributed by atoms with E-state index >= 15 is 0 Å². The zero-order valence-corrected chi connectivity index (χ0v) is 13.0. The number of amides is 4. The Morgan fingerprint density at radius 3 is 2.42 bits per heavy atom. The highest BCUT2D eigenvalue weighted by atomic mass is 16.4. The number of carbonyl (C=O) groups excluding carboxylic acids is 3. The third-order valence-electron chi connectivity index (χ3n) is 4.58. The largest absolute Gasteiger partial charge is 0.481 e. The number of rotatable bonds is 3. The van der Waals surface area contributed by atoms with Crippen molar-refractivity contribution in [2.24, 2.45) is 5.92 Å². The fraction of sp³-hybridized carbons (Fsp3) is 0.375. The minimum atomic E-state index is -1.17. The lowest BCUT2D eigenvalue weighted by molar-refractivity contribution is -0.141. The summed E-state index contributed by atoms with van der Waals surface area (Å²) in [5, 5.41) is 13.7. The summed E-state index contributed by atoms with van der Waals surface area (Å²) in [6.07, 6.45) is 0.448. The van der Waals surface area contributed by atoms with E-state index in [0.29, 0.717) is 24.1 Å². The maximum atomic E-state index is 12.4. The summed E-state index contributed by atoms with van der Waals surface area (Å²) >= 11 is 0. The third kappa shape index (κ3) is 2.60. The van der Waals surface area contributed by atoms with Gasteiger partial charge in [-0.1, -0.05) is 12.1 Å². The Balaban J connectivity index is 1.75. The van der Waals surface area contributed by atoms with Gasteiger partial charge in [-0.25, -0.2) is 4.79 Å². The van der Waals surface area contributed by atoms with Crippen molar-refractivity contribution in [1.82, 2.24) is 15.5 Å². The first kappa shape index (κ1) is 16.0. The molecule has 2 aliphatic rings. The lowest BCUT2D eigenvalue weighted by Crippen LogP contribution is -2.40. The normalized spacial score (nSPS) is 26.2. The van der Waals surface area contributed by atoms with Crippen LogP contribution in [0.3, 0.4) is 0 Å². The van der Waals surface area contributed by atoms with Crippen LogP contribution < -0.4 is 10.6 Å². The van der Waals surface area contributed by atoms with Crippen molar-refractivity contribution in [3.63, 3.8) is 0 Å². The molecule has 3 N–H and O–H groups in total. The van der Waals surface area contributed by atoms with E-state index in [-0.39, 0.29) is 12.5 Å². The molecule has 0 spiro atoms. The standard InChI is InChI=1S/C16H17N3O5/c1-16(14(23)17-15(24)18-16)11-4-2-9(3-5-11)12(20)19-7-6-10(8-19)13(21)22/h2-5,10H,6-8H2,1H3,(H,21,22)(H2,17,18,23,24)/t10-,16-/m1/s1. The molecule has 8 nitrogen and oxygen atoms in total. The molecule has 126 valence electrons. The van der Waals surface area contributed by atoms with Gasteiger partial charge in [-0.05, 0) is 31.0 Å². The quantitative estimate of drug-likeness (QED) is 0.688. The average Bonchev–Trinajstić information content (AvgIpc) is 3.13. The van der Waals surface area contributed by atoms with Gasteiger partial charge in [0.25, 0.3) is 11.8 Å². The molecule has 8 heteroatoms. The Morgan fingerprint density at radius 2 is 1.92 bits per heavy atom. The van der Waals surface area contributed by atoms with E-state index in [9.17, 15) is 19.2 Å². The molecule has 0 aliphatic carbocycles. The Bertz CT molecular complexity index is 730. The molecule has 0 unspecified atom stereocenters. The fourth-order valence-electron chi connectivity index (χ4n) is 3.02. The summed E-state index contributed by atoms with van der Waals surface area (Å²) in [5.41, 5.74) is -0.189. The predicted molar refractivity (Wildman–Crippen MR) is 82.1 cm³/mol. The van der Waals surface area contributed by atoms with Crippen LogP contribution in [0.1, 0.15) is 29.3 Å². The highest BCUT2D eigenvalue weighted by Gasteiger charge is 2.43. The number of carboxylic acid groups (broad SMARTS) is 1. The molecule has 0 bridgehead atoms. The van der Waals surface area contributed by atoms with E-state index in [0.717, 1.165) is 0 Å². The number of aliphatic carboxylic acids is 1. The lowest BCUT2D eigenvalue weighted by Gasteiger charge is -2.22. The van der Waals surface area contributed by atoms with Crippen molar-refractivity contribution >= 4 is 23.8 Å². The van der Waals surface area contributed by atoms with Gasteiger partial charge in [0, 0.05) is 18.7 Å². The smallest absolute Gasteiger partial charge is 0.322 e. The molecule has 2 heterocycles.